The summed E-state index contributed by atoms with van der Waals surface area (Å²) in [5.74, 6) is 0. The lowest BCUT2D eigenvalue weighted by Crippen LogP contribution is -2.21. The van der Waals surface area contributed by atoms with Gasteiger partial charge < -0.3 is 4.57 Å². The summed E-state index contributed by atoms with van der Waals surface area (Å²) < 4.78 is 69.6. The number of pyridine rings is 2. The van der Waals surface area contributed by atoms with Crippen LogP contribution in [0.5, 0.6) is 0 Å². The average Bonchev–Trinajstić information content (AvgIpc) is 2.69. The second-order valence-corrected chi connectivity index (χ2v) is 8.30. The lowest BCUT2D eigenvalue weighted by molar-refractivity contribution is -0.136. The van der Waals surface area contributed by atoms with Crippen molar-refractivity contribution in [2.45, 2.75) is 11.1 Å². The summed E-state index contributed by atoms with van der Waals surface area (Å²) in [5.41, 5.74) is -1.46. The first-order chi connectivity index (χ1) is 14.1. The number of alkyl halides is 3. The Kier molecular flexibility index (Phi) is 4.53. The SMILES string of the molecule is Cn1c(=O)cc(C(F)(F)F)c2cc(S(=O)(=O)Nc3cccc4cccnc34)ccc21. The summed E-state index contributed by atoms with van der Waals surface area (Å²) >= 11 is 0. The number of hydrogen-bond acceptors (Lipinski definition) is 4. The zero-order chi connectivity index (χ0) is 21.7. The number of para-hydroxylation sites is 1. The van der Waals surface area contributed by atoms with Gasteiger partial charge in [-0.05, 0) is 30.3 Å². The minimum atomic E-state index is -4.82. The van der Waals surface area contributed by atoms with Crippen molar-refractivity contribution >= 4 is 37.5 Å². The molecular formula is C20H14F3N3O3S. The summed E-state index contributed by atoms with van der Waals surface area (Å²) in [4.78, 5) is 15.7. The third-order valence-electron chi connectivity index (χ3n) is 4.71. The summed E-state index contributed by atoms with van der Waals surface area (Å²) in [6.07, 6.45) is -3.31. The van der Waals surface area contributed by atoms with Crippen LogP contribution in [0.25, 0.3) is 21.8 Å². The maximum absolute atomic E-state index is 13.5. The lowest BCUT2D eigenvalue weighted by Gasteiger charge is -2.15. The van der Waals surface area contributed by atoms with Gasteiger partial charge >= 0.3 is 6.18 Å². The zero-order valence-corrected chi connectivity index (χ0v) is 16.3. The van der Waals surface area contributed by atoms with E-state index in [1.54, 1.807) is 24.3 Å². The van der Waals surface area contributed by atoms with Crippen molar-refractivity contribution < 1.29 is 21.6 Å². The molecule has 0 aliphatic heterocycles. The van der Waals surface area contributed by atoms with Crippen LogP contribution in [0.3, 0.4) is 0 Å². The highest BCUT2D eigenvalue weighted by atomic mass is 32.2. The monoisotopic (exact) mass is 433 g/mol. The molecule has 0 amide bonds. The second kappa shape index (κ2) is 6.84. The molecule has 30 heavy (non-hydrogen) atoms. The lowest BCUT2D eigenvalue weighted by atomic mass is 10.1. The predicted molar refractivity (Wildman–Crippen MR) is 107 cm³/mol. The van der Waals surface area contributed by atoms with Crippen LogP contribution in [0.4, 0.5) is 18.9 Å². The van der Waals surface area contributed by atoms with Crippen molar-refractivity contribution in [2.75, 3.05) is 4.72 Å². The van der Waals surface area contributed by atoms with Gasteiger partial charge in [-0.3, -0.25) is 14.5 Å². The van der Waals surface area contributed by atoms with Gasteiger partial charge in [0.1, 0.15) is 0 Å². The molecule has 10 heteroatoms. The first kappa shape index (κ1) is 19.9. The van der Waals surface area contributed by atoms with Crippen LogP contribution in [0.15, 0.2) is 70.5 Å². The number of halogens is 3. The fraction of sp³-hybridized carbons (Fsp3) is 0.100. The molecule has 0 aliphatic rings. The van der Waals surface area contributed by atoms with Crippen molar-refractivity contribution in [1.29, 1.82) is 0 Å². The molecule has 2 heterocycles. The first-order valence-electron chi connectivity index (χ1n) is 8.65. The first-order valence-corrected chi connectivity index (χ1v) is 10.1. The Balaban J connectivity index is 1.88. The van der Waals surface area contributed by atoms with E-state index in [1.165, 1.54) is 25.4 Å². The molecule has 2 aromatic heterocycles. The van der Waals surface area contributed by atoms with Gasteiger partial charge in [0, 0.05) is 30.1 Å². The number of hydrogen-bond donors (Lipinski definition) is 1. The van der Waals surface area contributed by atoms with E-state index in [0.717, 1.165) is 16.7 Å². The van der Waals surface area contributed by atoms with Crippen LogP contribution < -0.4 is 10.3 Å². The van der Waals surface area contributed by atoms with Crippen LogP contribution in [-0.4, -0.2) is 18.0 Å². The fourth-order valence-corrected chi connectivity index (χ4v) is 4.32. The smallest absolute Gasteiger partial charge is 0.311 e. The standard InChI is InChI=1S/C20H14F3N3O3S/c1-26-17-8-7-13(10-14(17)15(11-18(26)27)20(21,22)23)30(28,29)25-16-6-2-4-12-5-3-9-24-19(12)16/h2-11,25H,1H3. The van der Waals surface area contributed by atoms with E-state index in [-0.39, 0.29) is 21.5 Å². The minimum Gasteiger partial charge on any atom is -0.311 e. The fourth-order valence-electron chi connectivity index (χ4n) is 3.23. The third-order valence-corrected chi connectivity index (χ3v) is 6.07. The van der Waals surface area contributed by atoms with Crippen LogP contribution in [0, 0.1) is 0 Å². The molecule has 0 fully saturated rings. The maximum Gasteiger partial charge on any atom is 0.417 e. The van der Waals surface area contributed by atoms with E-state index >= 15 is 0 Å². The van der Waals surface area contributed by atoms with E-state index in [9.17, 15) is 26.4 Å². The Hall–Kier alpha value is -3.40. The molecule has 1 N–H and O–H groups in total. The van der Waals surface area contributed by atoms with E-state index in [4.69, 9.17) is 0 Å². The van der Waals surface area contributed by atoms with Gasteiger partial charge in [-0.25, -0.2) is 8.42 Å². The number of aromatic nitrogens is 2. The highest BCUT2D eigenvalue weighted by Crippen LogP contribution is 2.35. The van der Waals surface area contributed by atoms with E-state index < -0.39 is 27.3 Å². The number of rotatable bonds is 3. The largest absolute Gasteiger partial charge is 0.417 e. The topological polar surface area (TPSA) is 81.1 Å². The molecule has 0 bridgehead atoms. The molecule has 4 aromatic rings. The number of anilines is 1. The zero-order valence-electron chi connectivity index (χ0n) is 15.4. The van der Waals surface area contributed by atoms with Gasteiger partial charge in [0.15, 0.2) is 0 Å². The number of benzene rings is 2. The van der Waals surface area contributed by atoms with Crippen molar-refractivity contribution in [3.05, 3.63) is 76.7 Å². The molecule has 0 spiro atoms. The minimum absolute atomic E-state index is 0.0272. The average molecular weight is 433 g/mol. The highest BCUT2D eigenvalue weighted by molar-refractivity contribution is 7.92. The molecule has 0 unspecified atom stereocenters. The number of nitrogens with zero attached hydrogens (tertiary/aromatic N) is 2. The van der Waals surface area contributed by atoms with Crippen LogP contribution in [0.2, 0.25) is 0 Å². The number of fused-ring (bicyclic) bond motifs is 2. The summed E-state index contributed by atoms with van der Waals surface area (Å²) in [6.45, 7) is 0. The van der Waals surface area contributed by atoms with E-state index in [1.807, 2.05) is 0 Å². The van der Waals surface area contributed by atoms with Crippen LogP contribution in [-0.2, 0) is 23.2 Å². The maximum atomic E-state index is 13.5. The third kappa shape index (κ3) is 3.39. The molecule has 0 atom stereocenters. The number of sulfonamides is 1. The number of aryl methyl sites for hydroxylation is 1. The molecular weight excluding hydrogens is 419 g/mol. The predicted octanol–water partition coefficient (Wildman–Crippen LogP) is 3.91. The van der Waals surface area contributed by atoms with Crippen molar-refractivity contribution in [2.24, 2.45) is 7.05 Å². The molecule has 154 valence electrons. The molecule has 4 rings (SSSR count). The Bertz CT molecular complexity index is 1460. The summed E-state index contributed by atoms with van der Waals surface area (Å²) in [7, 11) is -2.91. The summed E-state index contributed by atoms with van der Waals surface area (Å²) in [6, 6.07) is 12.1. The van der Waals surface area contributed by atoms with E-state index in [0.29, 0.717) is 17.0 Å². The molecule has 0 saturated carbocycles. The molecule has 0 saturated heterocycles. The second-order valence-electron chi connectivity index (χ2n) is 6.62. The number of nitrogens with one attached hydrogen (secondary N) is 1. The molecule has 6 nitrogen and oxygen atoms in total. The quantitative estimate of drug-likeness (QED) is 0.531. The Morgan fingerprint density at radius 2 is 1.77 bits per heavy atom. The molecule has 0 aliphatic carbocycles. The van der Waals surface area contributed by atoms with Gasteiger partial charge in [0.2, 0.25) is 0 Å². The Labute approximate surface area is 168 Å². The van der Waals surface area contributed by atoms with Gasteiger partial charge in [-0.15, -0.1) is 0 Å². The Morgan fingerprint density at radius 3 is 2.50 bits per heavy atom. The Morgan fingerprint density at radius 1 is 1.03 bits per heavy atom. The van der Waals surface area contributed by atoms with Gasteiger partial charge in [-0.1, -0.05) is 18.2 Å². The van der Waals surface area contributed by atoms with E-state index in [2.05, 4.69) is 9.71 Å². The highest BCUT2D eigenvalue weighted by Gasteiger charge is 2.34. The molecule has 2 aromatic carbocycles. The van der Waals surface area contributed by atoms with Crippen molar-refractivity contribution in [3.63, 3.8) is 0 Å². The van der Waals surface area contributed by atoms with Crippen LogP contribution in [0.1, 0.15) is 5.56 Å². The van der Waals surface area contributed by atoms with Crippen molar-refractivity contribution in [3.8, 4) is 0 Å². The normalized spacial score (nSPS) is 12.4. The van der Waals surface area contributed by atoms with Crippen LogP contribution >= 0.6 is 0 Å². The van der Waals surface area contributed by atoms with Gasteiger partial charge in [0.05, 0.1) is 27.2 Å². The van der Waals surface area contributed by atoms with Gasteiger partial charge in [-0.2, -0.15) is 13.2 Å². The summed E-state index contributed by atoms with van der Waals surface area (Å²) in [5, 5.41) is 0.314. The van der Waals surface area contributed by atoms with Crippen molar-refractivity contribution in [1.82, 2.24) is 9.55 Å². The van der Waals surface area contributed by atoms with Gasteiger partial charge in [0.25, 0.3) is 15.6 Å². The molecule has 0 radical (unpaired) electrons.